The molecule has 0 amide bonds. The topological polar surface area (TPSA) is 0 Å². The quantitative estimate of drug-likeness (QED) is 0.151. The summed E-state index contributed by atoms with van der Waals surface area (Å²) in [5.41, 5.74) is 22.4. The van der Waals surface area contributed by atoms with Crippen LogP contribution in [0.3, 0.4) is 0 Å². The van der Waals surface area contributed by atoms with E-state index in [0.717, 1.165) is 0 Å². The lowest BCUT2D eigenvalue weighted by molar-refractivity contribution is 1.51. The molecule has 0 saturated heterocycles. The van der Waals surface area contributed by atoms with Gasteiger partial charge in [-0.15, -0.1) is 0 Å². The minimum atomic E-state index is 1.20. The van der Waals surface area contributed by atoms with E-state index < -0.39 is 0 Å². The van der Waals surface area contributed by atoms with E-state index in [0.29, 0.717) is 0 Å². The van der Waals surface area contributed by atoms with Gasteiger partial charge in [-0.05, 0) is 140 Å². The SMILES string of the molecule is c1ccc(C2=C(c3ccccc3)C(c3ccc4c(-c5cccc6ccccc56)cccc4c3)=C3C2=C(c2ccccc2)c2cc(-c4ccccc4)c(-c4ccccc4)cc23)cc1. The van der Waals surface area contributed by atoms with E-state index in [-0.39, 0.29) is 0 Å². The predicted molar refractivity (Wildman–Crippen MR) is 263 cm³/mol. The molecular weight excluding hydrogens is 745 g/mol. The lowest BCUT2D eigenvalue weighted by Gasteiger charge is -2.19. The zero-order chi connectivity index (χ0) is 41.0. The molecule has 0 spiro atoms. The van der Waals surface area contributed by atoms with Crippen molar-refractivity contribution >= 4 is 49.4 Å². The van der Waals surface area contributed by atoms with E-state index in [1.165, 1.54) is 122 Å². The Morgan fingerprint density at radius 3 is 1.10 bits per heavy atom. The van der Waals surface area contributed by atoms with Crippen LogP contribution in [-0.4, -0.2) is 0 Å². The third-order valence-electron chi connectivity index (χ3n) is 12.8. The van der Waals surface area contributed by atoms with Crippen LogP contribution in [0.5, 0.6) is 0 Å². The van der Waals surface area contributed by atoms with Crippen LogP contribution in [0.1, 0.15) is 33.4 Å². The van der Waals surface area contributed by atoms with Crippen LogP contribution in [0.25, 0.3) is 82.8 Å². The van der Waals surface area contributed by atoms with Gasteiger partial charge in [-0.2, -0.15) is 0 Å². The van der Waals surface area contributed by atoms with Gasteiger partial charge in [0, 0.05) is 0 Å². The van der Waals surface area contributed by atoms with Crippen LogP contribution in [-0.2, 0) is 0 Å². The number of fused-ring (bicyclic) bond motifs is 5. The van der Waals surface area contributed by atoms with Crippen LogP contribution in [0.15, 0.2) is 248 Å². The smallest absolute Gasteiger partial charge is 0.000137 e. The zero-order valence-electron chi connectivity index (χ0n) is 34.1. The van der Waals surface area contributed by atoms with E-state index in [2.05, 4.69) is 243 Å². The molecule has 0 aromatic heterocycles. The van der Waals surface area contributed by atoms with Crippen molar-refractivity contribution in [2.45, 2.75) is 0 Å². The summed E-state index contributed by atoms with van der Waals surface area (Å²) in [6.07, 6.45) is 0. The molecule has 62 heavy (non-hydrogen) atoms. The van der Waals surface area contributed by atoms with Gasteiger partial charge in [-0.25, -0.2) is 0 Å². The number of rotatable bonds is 7. The number of hydrogen-bond acceptors (Lipinski definition) is 0. The third-order valence-corrected chi connectivity index (χ3v) is 12.8. The molecule has 0 unspecified atom stereocenters. The van der Waals surface area contributed by atoms with Gasteiger partial charge < -0.3 is 0 Å². The molecule has 0 N–H and O–H groups in total. The Morgan fingerprint density at radius 1 is 0.161 bits per heavy atom. The first-order valence-electron chi connectivity index (χ1n) is 21.5. The van der Waals surface area contributed by atoms with Crippen molar-refractivity contribution in [3.8, 4) is 33.4 Å². The summed E-state index contributed by atoms with van der Waals surface area (Å²) >= 11 is 0. The normalized spacial score (nSPS) is 13.3. The van der Waals surface area contributed by atoms with Crippen molar-refractivity contribution in [3.63, 3.8) is 0 Å². The van der Waals surface area contributed by atoms with Gasteiger partial charge in [0.15, 0.2) is 0 Å². The maximum atomic E-state index is 2.49. The predicted octanol–water partition coefficient (Wildman–Crippen LogP) is 16.3. The Morgan fingerprint density at radius 2 is 0.548 bits per heavy atom. The maximum Gasteiger partial charge on any atom is -0.000137 e. The highest BCUT2D eigenvalue weighted by Crippen LogP contribution is 2.62. The fourth-order valence-corrected chi connectivity index (χ4v) is 10.1. The Bertz CT molecular complexity index is 3440. The molecule has 0 bridgehead atoms. The van der Waals surface area contributed by atoms with E-state index >= 15 is 0 Å². The third kappa shape index (κ3) is 5.84. The van der Waals surface area contributed by atoms with E-state index in [4.69, 9.17) is 0 Å². The molecule has 10 aromatic carbocycles. The van der Waals surface area contributed by atoms with Crippen LogP contribution in [0.4, 0.5) is 0 Å². The van der Waals surface area contributed by atoms with Crippen LogP contribution >= 0.6 is 0 Å². The first-order valence-corrected chi connectivity index (χ1v) is 21.5. The van der Waals surface area contributed by atoms with Crippen LogP contribution in [0, 0.1) is 0 Å². The van der Waals surface area contributed by atoms with Crippen molar-refractivity contribution in [3.05, 3.63) is 282 Å². The zero-order valence-corrected chi connectivity index (χ0v) is 34.1. The molecule has 0 atom stereocenters. The average molecular weight is 785 g/mol. The second-order valence-corrected chi connectivity index (χ2v) is 16.3. The highest BCUT2D eigenvalue weighted by atomic mass is 14.4. The molecule has 0 heterocycles. The van der Waals surface area contributed by atoms with E-state index in [9.17, 15) is 0 Å². The van der Waals surface area contributed by atoms with Crippen molar-refractivity contribution in [2.24, 2.45) is 0 Å². The Kier molecular flexibility index (Phi) is 8.61. The van der Waals surface area contributed by atoms with Gasteiger partial charge in [-0.1, -0.05) is 224 Å². The summed E-state index contributed by atoms with van der Waals surface area (Å²) < 4.78 is 0. The van der Waals surface area contributed by atoms with Crippen LogP contribution in [0.2, 0.25) is 0 Å². The largest absolute Gasteiger partial charge is 0.0622 e. The lowest BCUT2D eigenvalue weighted by Crippen LogP contribution is -1.97. The minimum absolute atomic E-state index is 1.20. The Balaban J connectivity index is 1.21. The van der Waals surface area contributed by atoms with Crippen molar-refractivity contribution in [1.29, 1.82) is 0 Å². The molecule has 0 saturated carbocycles. The first-order chi connectivity index (χ1) is 30.8. The maximum absolute atomic E-state index is 2.49. The van der Waals surface area contributed by atoms with Gasteiger partial charge in [-0.3, -0.25) is 0 Å². The summed E-state index contributed by atoms with van der Waals surface area (Å²) in [5, 5.41) is 4.99. The fourth-order valence-electron chi connectivity index (χ4n) is 10.1. The van der Waals surface area contributed by atoms with Gasteiger partial charge in [0.1, 0.15) is 0 Å². The van der Waals surface area contributed by atoms with Crippen molar-refractivity contribution < 1.29 is 0 Å². The molecule has 2 aliphatic rings. The molecule has 288 valence electrons. The van der Waals surface area contributed by atoms with Crippen molar-refractivity contribution in [2.75, 3.05) is 0 Å². The Labute approximate surface area is 362 Å². The minimum Gasteiger partial charge on any atom is -0.0622 e. The van der Waals surface area contributed by atoms with E-state index in [1.807, 2.05) is 0 Å². The highest BCUT2D eigenvalue weighted by Gasteiger charge is 2.41. The molecule has 2 aliphatic carbocycles. The van der Waals surface area contributed by atoms with Gasteiger partial charge >= 0.3 is 0 Å². The molecule has 0 heteroatoms. The summed E-state index contributed by atoms with van der Waals surface area (Å²) in [5.74, 6) is 0. The van der Waals surface area contributed by atoms with Gasteiger partial charge in [0.05, 0.1) is 0 Å². The molecule has 12 rings (SSSR count). The average Bonchev–Trinajstić information content (AvgIpc) is 3.86. The molecule has 10 aromatic rings. The molecule has 0 fully saturated rings. The molecule has 0 aliphatic heterocycles. The summed E-state index contributed by atoms with van der Waals surface area (Å²) in [6.45, 7) is 0. The van der Waals surface area contributed by atoms with Gasteiger partial charge in [0.2, 0.25) is 0 Å². The summed E-state index contributed by atoms with van der Waals surface area (Å²) in [7, 11) is 0. The second kappa shape index (κ2) is 14.9. The number of benzene rings is 10. The Hall–Kier alpha value is -8.06. The fraction of sp³-hybridized carbons (Fsp3) is 0. The number of hydrogen-bond donors (Lipinski definition) is 0. The standard InChI is InChI=1S/C62H40/c1-6-20-42(21-7-1)53-39-55-56(40-54(53)43-22-8-2-9-23-43)61-60(48-36-37-50-47(38-48)32-19-35-52(50)51-34-18-31-41-24-16-17-33-49(41)51)58(45-27-12-4-13-28-45)59(46-29-14-5-15-30-46)62(61)57(55)44-25-10-3-11-26-44/h1-40H. The second-order valence-electron chi connectivity index (χ2n) is 16.3. The molecular formula is C62H40. The van der Waals surface area contributed by atoms with Crippen molar-refractivity contribution in [1.82, 2.24) is 0 Å². The summed E-state index contributed by atoms with van der Waals surface area (Å²) in [4.78, 5) is 0. The summed E-state index contributed by atoms with van der Waals surface area (Å²) in [6, 6.07) is 89.3. The first kappa shape index (κ1) is 35.8. The molecule has 0 radical (unpaired) electrons. The highest BCUT2D eigenvalue weighted by molar-refractivity contribution is 6.39. The molecule has 0 nitrogen and oxygen atoms in total. The van der Waals surface area contributed by atoms with E-state index in [1.54, 1.807) is 0 Å². The lowest BCUT2D eigenvalue weighted by atomic mass is 9.84. The monoisotopic (exact) mass is 784 g/mol. The van der Waals surface area contributed by atoms with Gasteiger partial charge in [0.25, 0.3) is 0 Å². The number of allylic oxidation sites excluding steroid dienone is 5. The van der Waals surface area contributed by atoms with Crippen LogP contribution < -0.4 is 0 Å².